The second-order valence-electron chi connectivity index (χ2n) is 7.84. The number of nitrogens with two attached hydrogens (primary N) is 1. The van der Waals surface area contributed by atoms with Gasteiger partial charge in [-0.2, -0.15) is 9.61 Å². The van der Waals surface area contributed by atoms with Crippen LogP contribution in [0.5, 0.6) is 0 Å². The van der Waals surface area contributed by atoms with Crippen LogP contribution in [-0.2, 0) is 6.54 Å². The predicted octanol–water partition coefficient (Wildman–Crippen LogP) is 4.79. The summed E-state index contributed by atoms with van der Waals surface area (Å²) in [5.41, 5.74) is 8.88. The molecule has 0 bridgehead atoms. The lowest BCUT2D eigenvalue weighted by molar-refractivity contribution is 0.629. The van der Waals surface area contributed by atoms with Gasteiger partial charge in [0, 0.05) is 24.7 Å². The molecule has 0 spiro atoms. The summed E-state index contributed by atoms with van der Waals surface area (Å²) in [5, 5.41) is 11.6. The summed E-state index contributed by atoms with van der Waals surface area (Å²) in [5.74, 6) is 2.23. The molecule has 2 aromatic heterocycles. The van der Waals surface area contributed by atoms with E-state index in [1.54, 1.807) is 0 Å². The van der Waals surface area contributed by atoms with Gasteiger partial charge in [0.25, 0.3) is 0 Å². The van der Waals surface area contributed by atoms with Crippen molar-refractivity contribution in [1.82, 2.24) is 14.6 Å². The van der Waals surface area contributed by atoms with Gasteiger partial charge in [-0.25, -0.2) is 4.98 Å². The van der Waals surface area contributed by atoms with Gasteiger partial charge in [0.05, 0.1) is 6.20 Å². The normalized spacial score (nSPS) is 11.3. The van der Waals surface area contributed by atoms with Gasteiger partial charge in [-0.05, 0) is 30.9 Å². The summed E-state index contributed by atoms with van der Waals surface area (Å²) >= 11 is 0. The third-order valence-corrected chi connectivity index (χ3v) is 5.12. The molecule has 6 nitrogen and oxygen atoms in total. The van der Waals surface area contributed by atoms with Crippen molar-refractivity contribution in [1.29, 1.82) is 0 Å². The Morgan fingerprint density at radius 1 is 1.00 bits per heavy atom. The molecule has 0 fully saturated rings. The number of fused-ring (bicyclic) bond motifs is 1. The summed E-state index contributed by atoms with van der Waals surface area (Å²) < 4.78 is 1.91. The largest absolute Gasteiger partial charge is 0.370 e. The molecular weight excluding hydrogens is 360 g/mol. The molecule has 0 atom stereocenters. The first kappa shape index (κ1) is 21.1. The maximum Gasteiger partial charge on any atom is 0.163 e. The molecule has 4 N–H and O–H groups in total. The topological polar surface area (TPSA) is 80.3 Å². The summed E-state index contributed by atoms with van der Waals surface area (Å²) in [4.78, 5) is 4.85. The fourth-order valence-corrected chi connectivity index (χ4v) is 3.41. The molecule has 3 rings (SSSR count). The Balaban J connectivity index is 1.70. The maximum atomic E-state index is 5.56. The Morgan fingerprint density at radius 2 is 1.76 bits per heavy atom. The first-order chi connectivity index (χ1) is 14.2. The second-order valence-corrected chi connectivity index (χ2v) is 7.84. The predicted molar refractivity (Wildman–Crippen MR) is 121 cm³/mol. The molecule has 0 saturated heterocycles. The van der Waals surface area contributed by atoms with Crippen LogP contribution in [0.25, 0.3) is 5.65 Å². The molecule has 3 aromatic rings. The molecule has 1 aromatic carbocycles. The van der Waals surface area contributed by atoms with Crippen LogP contribution in [0.2, 0.25) is 0 Å². The summed E-state index contributed by atoms with van der Waals surface area (Å²) in [6.07, 6.45) is 7.89. The quantitative estimate of drug-likeness (QED) is 0.385. The Hall–Kier alpha value is -2.60. The number of anilines is 2. The van der Waals surface area contributed by atoms with Crippen molar-refractivity contribution >= 4 is 17.3 Å². The van der Waals surface area contributed by atoms with Gasteiger partial charge in [-0.1, -0.05) is 63.4 Å². The van der Waals surface area contributed by atoms with Crippen molar-refractivity contribution in [3.8, 4) is 0 Å². The Kier molecular flexibility index (Phi) is 7.87. The smallest absolute Gasteiger partial charge is 0.163 e. The Labute approximate surface area is 173 Å². The molecule has 0 aliphatic carbocycles. The third kappa shape index (κ3) is 5.94. The average molecular weight is 395 g/mol. The average Bonchev–Trinajstić information content (AvgIpc) is 3.16. The van der Waals surface area contributed by atoms with Crippen LogP contribution >= 0.6 is 0 Å². The fourth-order valence-electron chi connectivity index (χ4n) is 3.41. The number of nitrogens with one attached hydrogen (secondary N) is 2. The molecular formula is C23H34N6. The number of hydrogen-bond acceptors (Lipinski definition) is 5. The number of rotatable bonds is 12. The van der Waals surface area contributed by atoms with Gasteiger partial charge in [-0.3, -0.25) is 0 Å². The first-order valence-corrected chi connectivity index (χ1v) is 10.8. The molecule has 2 heterocycles. The van der Waals surface area contributed by atoms with Crippen molar-refractivity contribution in [2.75, 3.05) is 23.7 Å². The SMILES string of the molecule is CC(C)c1cnn2c(NCc3ccccc3)cc(NCCCCCCCN)nc12. The molecule has 0 radical (unpaired) electrons. The van der Waals surface area contributed by atoms with Crippen LogP contribution in [0, 0.1) is 0 Å². The van der Waals surface area contributed by atoms with E-state index in [1.165, 1.54) is 24.8 Å². The van der Waals surface area contributed by atoms with Gasteiger partial charge in [-0.15, -0.1) is 0 Å². The lowest BCUT2D eigenvalue weighted by atomic mass is 10.1. The highest BCUT2D eigenvalue weighted by molar-refractivity contribution is 5.61. The number of aromatic nitrogens is 3. The molecule has 6 heteroatoms. The van der Waals surface area contributed by atoms with Crippen molar-refractivity contribution < 1.29 is 0 Å². The van der Waals surface area contributed by atoms with Crippen molar-refractivity contribution in [2.45, 2.75) is 58.4 Å². The van der Waals surface area contributed by atoms with Crippen molar-refractivity contribution in [3.05, 3.63) is 53.7 Å². The van der Waals surface area contributed by atoms with Gasteiger partial charge in [0.2, 0.25) is 0 Å². The van der Waals surface area contributed by atoms with Crippen molar-refractivity contribution in [3.63, 3.8) is 0 Å². The van der Waals surface area contributed by atoms with Gasteiger partial charge in [0.15, 0.2) is 5.65 Å². The molecule has 0 saturated carbocycles. The van der Waals surface area contributed by atoms with E-state index in [-0.39, 0.29) is 0 Å². The Morgan fingerprint density at radius 3 is 2.52 bits per heavy atom. The van der Waals surface area contributed by atoms with Crippen LogP contribution in [0.3, 0.4) is 0 Å². The molecule has 0 amide bonds. The molecule has 0 unspecified atom stereocenters. The van der Waals surface area contributed by atoms with E-state index in [2.05, 4.69) is 59.9 Å². The van der Waals surface area contributed by atoms with E-state index in [9.17, 15) is 0 Å². The van der Waals surface area contributed by atoms with Crippen molar-refractivity contribution in [2.24, 2.45) is 5.73 Å². The van der Waals surface area contributed by atoms with Gasteiger partial charge < -0.3 is 16.4 Å². The zero-order valence-corrected chi connectivity index (χ0v) is 17.7. The lowest BCUT2D eigenvalue weighted by Gasteiger charge is -2.13. The number of hydrogen-bond donors (Lipinski definition) is 3. The summed E-state index contributed by atoms with van der Waals surface area (Å²) in [6.45, 7) is 6.82. The second kappa shape index (κ2) is 10.8. The van der Waals surface area contributed by atoms with E-state index >= 15 is 0 Å². The van der Waals surface area contributed by atoms with E-state index in [0.29, 0.717) is 5.92 Å². The van der Waals surface area contributed by atoms with Gasteiger partial charge in [0.1, 0.15) is 11.6 Å². The highest BCUT2D eigenvalue weighted by Crippen LogP contribution is 2.24. The minimum absolute atomic E-state index is 0.375. The van der Waals surface area contributed by atoms with Crippen LogP contribution in [0.4, 0.5) is 11.6 Å². The zero-order valence-electron chi connectivity index (χ0n) is 17.7. The van der Waals surface area contributed by atoms with Crippen LogP contribution in [0.1, 0.15) is 63.0 Å². The molecule has 0 aliphatic rings. The fraction of sp³-hybridized carbons (Fsp3) is 0.478. The molecule has 0 aliphatic heterocycles. The standard InChI is InChI=1S/C23H34N6/c1-18(2)20-17-27-29-22(26-16-19-11-7-6-8-12-19)15-21(28-23(20)29)25-14-10-5-3-4-9-13-24/h6-8,11-12,15,17-18,26H,3-5,9-10,13-14,16,24H2,1-2H3,(H,25,28). The van der Waals surface area contributed by atoms with E-state index < -0.39 is 0 Å². The zero-order chi connectivity index (χ0) is 20.5. The number of unbranched alkanes of at least 4 members (excludes halogenated alkanes) is 4. The van der Waals surface area contributed by atoms with E-state index in [0.717, 1.165) is 55.3 Å². The maximum absolute atomic E-state index is 5.56. The van der Waals surface area contributed by atoms with Crippen LogP contribution < -0.4 is 16.4 Å². The summed E-state index contributed by atoms with van der Waals surface area (Å²) in [6, 6.07) is 12.5. The minimum Gasteiger partial charge on any atom is -0.370 e. The van der Waals surface area contributed by atoms with E-state index in [1.807, 2.05) is 16.8 Å². The number of nitrogens with zero attached hydrogens (tertiary/aromatic N) is 3. The van der Waals surface area contributed by atoms with E-state index in [4.69, 9.17) is 10.7 Å². The number of benzene rings is 1. The third-order valence-electron chi connectivity index (χ3n) is 5.12. The van der Waals surface area contributed by atoms with Crippen LogP contribution in [0.15, 0.2) is 42.6 Å². The molecule has 29 heavy (non-hydrogen) atoms. The minimum atomic E-state index is 0.375. The first-order valence-electron chi connectivity index (χ1n) is 10.8. The van der Waals surface area contributed by atoms with Crippen LogP contribution in [-0.4, -0.2) is 27.7 Å². The Bertz CT molecular complexity index is 872. The highest BCUT2D eigenvalue weighted by atomic mass is 15.3. The summed E-state index contributed by atoms with van der Waals surface area (Å²) in [7, 11) is 0. The lowest BCUT2D eigenvalue weighted by Crippen LogP contribution is -2.10. The molecule has 156 valence electrons. The monoisotopic (exact) mass is 394 g/mol. The highest BCUT2D eigenvalue weighted by Gasteiger charge is 2.14. The van der Waals surface area contributed by atoms with Gasteiger partial charge >= 0.3 is 0 Å².